The van der Waals surface area contributed by atoms with Gasteiger partial charge in [0.05, 0.1) is 6.21 Å². The second kappa shape index (κ2) is 7.60. The predicted molar refractivity (Wildman–Crippen MR) is 93.1 cm³/mol. The van der Waals surface area contributed by atoms with Crippen molar-refractivity contribution in [2.75, 3.05) is 0 Å². The van der Waals surface area contributed by atoms with Crippen LogP contribution in [-0.4, -0.2) is 32.3 Å². The van der Waals surface area contributed by atoms with Crippen LogP contribution in [0.3, 0.4) is 0 Å². The fraction of sp³-hybridized carbons (Fsp3) is 0.0625. The summed E-state index contributed by atoms with van der Waals surface area (Å²) in [6, 6.07) is 17.0. The SMILES string of the molecule is O=C(Cn1nnc(-c2ccccc2)n1)N/N=C/c1cccc(Br)c1. The number of hydrogen-bond acceptors (Lipinski definition) is 5. The molecule has 3 aromatic rings. The Bertz CT molecular complexity index is 862. The van der Waals surface area contributed by atoms with Crippen molar-refractivity contribution in [2.24, 2.45) is 5.10 Å². The van der Waals surface area contributed by atoms with E-state index in [-0.39, 0.29) is 12.5 Å². The van der Waals surface area contributed by atoms with Gasteiger partial charge in [0, 0.05) is 10.0 Å². The third-order valence-electron chi connectivity index (χ3n) is 3.02. The summed E-state index contributed by atoms with van der Waals surface area (Å²) in [5.74, 6) is 0.138. The molecule has 0 fully saturated rings. The molecule has 1 N–H and O–H groups in total. The van der Waals surface area contributed by atoms with Crippen LogP contribution in [-0.2, 0) is 11.3 Å². The van der Waals surface area contributed by atoms with E-state index in [9.17, 15) is 4.79 Å². The number of amides is 1. The van der Waals surface area contributed by atoms with E-state index >= 15 is 0 Å². The summed E-state index contributed by atoms with van der Waals surface area (Å²) in [5, 5.41) is 15.9. The lowest BCUT2D eigenvalue weighted by Gasteiger charge is -1.98. The molecule has 0 saturated carbocycles. The van der Waals surface area contributed by atoms with Gasteiger partial charge in [0.2, 0.25) is 5.82 Å². The molecule has 0 unspecified atom stereocenters. The van der Waals surface area contributed by atoms with Crippen LogP contribution in [0.25, 0.3) is 11.4 Å². The number of hydrazone groups is 1. The van der Waals surface area contributed by atoms with E-state index in [0.717, 1.165) is 15.6 Å². The van der Waals surface area contributed by atoms with Crippen LogP contribution in [0.2, 0.25) is 0 Å². The molecule has 1 heterocycles. The van der Waals surface area contributed by atoms with Crippen molar-refractivity contribution < 1.29 is 4.79 Å². The standard InChI is InChI=1S/C16H13BrN6O/c17-14-8-4-5-12(9-14)10-18-19-15(24)11-23-21-16(20-22-23)13-6-2-1-3-7-13/h1-10H,11H2,(H,19,24)/b18-10+. The highest BCUT2D eigenvalue weighted by Gasteiger charge is 2.08. The number of aromatic nitrogens is 4. The minimum Gasteiger partial charge on any atom is -0.271 e. The fourth-order valence-electron chi connectivity index (χ4n) is 1.94. The van der Waals surface area contributed by atoms with Crippen LogP contribution < -0.4 is 5.43 Å². The quantitative estimate of drug-likeness (QED) is 0.539. The molecule has 0 saturated heterocycles. The van der Waals surface area contributed by atoms with Crippen LogP contribution in [0.1, 0.15) is 5.56 Å². The molecule has 7 nitrogen and oxygen atoms in total. The van der Waals surface area contributed by atoms with E-state index in [1.54, 1.807) is 6.21 Å². The molecule has 3 rings (SSSR count). The number of carbonyl (C=O) groups excluding carboxylic acids is 1. The van der Waals surface area contributed by atoms with Gasteiger partial charge in [-0.2, -0.15) is 9.90 Å². The van der Waals surface area contributed by atoms with Crippen LogP contribution in [0.5, 0.6) is 0 Å². The second-order valence-corrected chi connectivity index (χ2v) is 5.77. The highest BCUT2D eigenvalue weighted by atomic mass is 79.9. The molecule has 0 radical (unpaired) electrons. The molecule has 2 aromatic carbocycles. The average Bonchev–Trinajstić information content (AvgIpc) is 3.04. The lowest BCUT2D eigenvalue weighted by Crippen LogP contribution is -2.24. The van der Waals surface area contributed by atoms with Gasteiger partial charge in [0.25, 0.3) is 5.91 Å². The fourth-order valence-corrected chi connectivity index (χ4v) is 2.36. The summed E-state index contributed by atoms with van der Waals surface area (Å²) in [5.41, 5.74) is 4.15. The number of tetrazole rings is 1. The van der Waals surface area contributed by atoms with E-state index in [1.165, 1.54) is 4.80 Å². The maximum Gasteiger partial charge on any atom is 0.263 e. The van der Waals surface area contributed by atoms with Gasteiger partial charge in [-0.25, -0.2) is 5.43 Å². The van der Waals surface area contributed by atoms with Gasteiger partial charge in [0.15, 0.2) is 0 Å². The third kappa shape index (κ3) is 4.32. The van der Waals surface area contributed by atoms with Crippen molar-refractivity contribution in [1.29, 1.82) is 0 Å². The van der Waals surface area contributed by atoms with Gasteiger partial charge in [0.1, 0.15) is 6.54 Å². The van der Waals surface area contributed by atoms with Gasteiger partial charge in [-0.15, -0.1) is 10.2 Å². The molecule has 120 valence electrons. The Morgan fingerprint density at radius 2 is 2.04 bits per heavy atom. The maximum absolute atomic E-state index is 11.9. The lowest BCUT2D eigenvalue weighted by molar-refractivity contribution is -0.122. The number of rotatable bonds is 5. The zero-order chi connectivity index (χ0) is 16.8. The summed E-state index contributed by atoms with van der Waals surface area (Å²) in [6.07, 6.45) is 1.56. The molecule has 0 atom stereocenters. The first-order valence-electron chi connectivity index (χ1n) is 7.11. The summed E-state index contributed by atoms with van der Waals surface area (Å²) in [4.78, 5) is 13.1. The van der Waals surface area contributed by atoms with Crippen molar-refractivity contribution >= 4 is 28.1 Å². The zero-order valence-electron chi connectivity index (χ0n) is 12.5. The van der Waals surface area contributed by atoms with E-state index in [0.29, 0.717) is 5.82 Å². The molecule has 0 aliphatic rings. The number of carbonyl (C=O) groups is 1. The van der Waals surface area contributed by atoms with Gasteiger partial charge < -0.3 is 0 Å². The Balaban J connectivity index is 1.57. The van der Waals surface area contributed by atoms with E-state index in [4.69, 9.17) is 0 Å². The van der Waals surface area contributed by atoms with Crippen LogP contribution >= 0.6 is 15.9 Å². The third-order valence-corrected chi connectivity index (χ3v) is 3.51. The van der Waals surface area contributed by atoms with E-state index < -0.39 is 0 Å². The van der Waals surface area contributed by atoms with Crippen molar-refractivity contribution in [3.63, 3.8) is 0 Å². The highest BCUT2D eigenvalue weighted by molar-refractivity contribution is 9.10. The predicted octanol–water partition coefficient (Wildman–Crippen LogP) is 2.25. The average molecular weight is 385 g/mol. The van der Waals surface area contributed by atoms with Crippen molar-refractivity contribution in [3.05, 3.63) is 64.6 Å². The summed E-state index contributed by atoms with van der Waals surface area (Å²) < 4.78 is 0.943. The molecule has 0 aliphatic carbocycles. The first kappa shape index (κ1) is 16.0. The molecular weight excluding hydrogens is 372 g/mol. The Kier molecular flexibility index (Phi) is 5.07. The monoisotopic (exact) mass is 384 g/mol. The van der Waals surface area contributed by atoms with Gasteiger partial charge in [-0.1, -0.05) is 58.4 Å². The minimum absolute atomic E-state index is 0.0599. The van der Waals surface area contributed by atoms with Crippen LogP contribution in [0.15, 0.2) is 64.2 Å². The summed E-state index contributed by atoms with van der Waals surface area (Å²) in [7, 11) is 0. The van der Waals surface area contributed by atoms with Crippen LogP contribution in [0.4, 0.5) is 0 Å². The highest BCUT2D eigenvalue weighted by Crippen LogP contribution is 2.11. The largest absolute Gasteiger partial charge is 0.271 e. The molecule has 1 aromatic heterocycles. The van der Waals surface area contributed by atoms with Gasteiger partial charge in [-0.3, -0.25) is 4.79 Å². The van der Waals surface area contributed by atoms with Gasteiger partial charge in [-0.05, 0) is 22.9 Å². The van der Waals surface area contributed by atoms with E-state index in [2.05, 4.69) is 41.9 Å². The smallest absolute Gasteiger partial charge is 0.263 e. The Hall–Kier alpha value is -2.87. The second-order valence-electron chi connectivity index (χ2n) is 4.86. The number of halogens is 1. The molecule has 8 heteroatoms. The molecule has 0 aliphatic heterocycles. The molecular formula is C16H13BrN6O. The number of nitrogens with one attached hydrogen (secondary N) is 1. The minimum atomic E-state index is -0.335. The normalized spacial score (nSPS) is 10.9. The lowest BCUT2D eigenvalue weighted by atomic mass is 10.2. The van der Waals surface area contributed by atoms with Crippen molar-refractivity contribution in [3.8, 4) is 11.4 Å². The Morgan fingerprint density at radius 1 is 1.21 bits per heavy atom. The van der Waals surface area contributed by atoms with Crippen molar-refractivity contribution in [2.45, 2.75) is 6.54 Å². The number of nitrogens with zero attached hydrogens (tertiary/aromatic N) is 5. The Morgan fingerprint density at radius 3 is 2.83 bits per heavy atom. The molecule has 1 amide bonds. The summed E-state index contributed by atoms with van der Waals surface area (Å²) in [6.45, 7) is -0.0599. The maximum atomic E-state index is 11.9. The zero-order valence-corrected chi connectivity index (χ0v) is 14.1. The van der Waals surface area contributed by atoms with Crippen molar-refractivity contribution in [1.82, 2.24) is 25.6 Å². The number of hydrogen-bond donors (Lipinski definition) is 1. The van der Waals surface area contributed by atoms with Crippen LogP contribution in [0, 0.1) is 0 Å². The summed E-state index contributed by atoms with van der Waals surface area (Å²) >= 11 is 3.37. The molecule has 24 heavy (non-hydrogen) atoms. The first-order chi connectivity index (χ1) is 11.7. The van der Waals surface area contributed by atoms with Gasteiger partial charge >= 0.3 is 0 Å². The Labute approximate surface area is 146 Å². The number of benzene rings is 2. The topological polar surface area (TPSA) is 85.1 Å². The molecule has 0 bridgehead atoms. The first-order valence-corrected chi connectivity index (χ1v) is 7.91. The molecule has 0 spiro atoms. The van der Waals surface area contributed by atoms with E-state index in [1.807, 2.05) is 54.6 Å².